The van der Waals surface area contributed by atoms with E-state index in [4.69, 9.17) is 8.85 Å². The molecule has 2 nitrogen and oxygen atoms in total. The third-order valence-electron chi connectivity index (χ3n) is 5.23. The lowest BCUT2D eigenvalue weighted by molar-refractivity contribution is 0.0525. The maximum Gasteiger partial charge on any atom is 0.407 e. The Hall–Kier alpha value is -1.42. The minimum Gasteiger partial charge on any atom is -0.384 e. The second-order valence-corrected chi connectivity index (χ2v) is 10.8. The van der Waals surface area contributed by atoms with Gasteiger partial charge in [0.25, 0.3) is 0 Å². The molecule has 3 heteroatoms. The van der Waals surface area contributed by atoms with Crippen LogP contribution in [0.4, 0.5) is 0 Å². The summed E-state index contributed by atoms with van der Waals surface area (Å²) in [5.74, 6) is 0.883. The molecule has 2 aromatic rings. The molecular weight excluding hydrogens is 348 g/mol. The molecule has 2 atom stereocenters. The van der Waals surface area contributed by atoms with Gasteiger partial charge < -0.3 is 8.85 Å². The van der Waals surface area contributed by atoms with Gasteiger partial charge in [-0.15, -0.1) is 0 Å². The highest BCUT2D eigenvalue weighted by atomic mass is 28.4. The fourth-order valence-corrected chi connectivity index (χ4v) is 7.52. The molecule has 148 valence electrons. The third-order valence-corrected chi connectivity index (χ3v) is 8.69. The monoisotopic (exact) mass is 384 g/mol. The van der Waals surface area contributed by atoms with Gasteiger partial charge in [0, 0.05) is 12.2 Å². The van der Waals surface area contributed by atoms with Crippen LogP contribution < -0.4 is 10.4 Å². The van der Waals surface area contributed by atoms with Crippen LogP contribution in [-0.2, 0) is 8.85 Å². The molecular formula is C24H36O2Si. The van der Waals surface area contributed by atoms with Crippen LogP contribution >= 0.6 is 0 Å². The van der Waals surface area contributed by atoms with E-state index in [1.54, 1.807) is 0 Å². The van der Waals surface area contributed by atoms with Gasteiger partial charge >= 0.3 is 8.56 Å². The average Bonchev–Trinajstić information content (AvgIpc) is 2.69. The zero-order chi connectivity index (χ0) is 19.9. The molecule has 0 radical (unpaired) electrons. The van der Waals surface area contributed by atoms with Crippen LogP contribution in [0.1, 0.15) is 54.4 Å². The molecule has 0 saturated heterocycles. The molecule has 2 unspecified atom stereocenters. The second-order valence-electron chi connectivity index (χ2n) is 7.97. The molecule has 2 rings (SSSR count). The number of hydrogen-bond acceptors (Lipinski definition) is 2. The minimum atomic E-state index is -2.84. The Balaban J connectivity index is 2.64. The van der Waals surface area contributed by atoms with Gasteiger partial charge in [0.1, 0.15) is 0 Å². The smallest absolute Gasteiger partial charge is 0.384 e. The molecule has 0 saturated carbocycles. The van der Waals surface area contributed by atoms with Gasteiger partial charge in [-0.25, -0.2) is 0 Å². The van der Waals surface area contributed by atoms with E-state index >= 15 is 0 Å². The van der Waals surface area contributed by atoms with E-state index in [0.29, 0.717) is 11.8 Å². The van der Waals surface area contributed by atoms with E-state index in [9.17, 15) is 0 Å². The Kier molecular flexibility index (Phi) is 8.27. The van der Waals surface area contributed by atoms with Crippen LogP contribution in [0.15, 0.2) is 60.7 Å². The molecule has 0 aliphatic rings. The summed E-state index contributed by atoms with van der Waals surface area (Å²) in [5.41, 5.74) is 0. The molecule has 0 N–H and O–H groups in total. The number of hydrogen-bond donors (Lipinski definition) is 0. The first kappa shape index (κ1) is 21.9. The van der Waals surface area contributed by atoms with Crippen LogP contribution in [0, 0.1) is 11.8 Å². The minimum absolute atomic E-state index is 0.168. The van der Waals surface area contributed by atoms with Crippen molar-refractivity contribution in [3.8, 4) is 0 Å². The van der Waals surface area contributed by atoms with E-state index in [2.05, 4.69) is 102 Å². The van der Waals surface area contributed by atoms with Gasteiger partial charge in [0.05, 0.1) is 0 Å². The summed E-state index contributed by atoms with van der Waals surface area (Å²) in [6.45, 7) is 13.4. The largest absolute Gasteiger partial charge is 0.407 e. The van der Waals surface area contributed by atoms with Crippen molar-refractivity contribution in [2.24, 2.45) is 11.8 Å². The van der Waals surface area contributed by atoms with Crippen molar-refractivity contribution in [1.82, 2.24) is 0 Å². The zero-order valence-corrected chi connectivity index (χ0v) is 18.8. The van der Waals surface area contributed by atoms with E-state index in [0.717, 1.165) is 12.8 Å². The Bertz CT molecular complexity index is 595. The fourth-order valence-electron chi connectivity index (χ4n) is 3.59. The highest BCUT2D eigenvalue weighted by Crippen LogP contribution is 2.23. The van der Waals surface area contributed by atoms with Gasteiger partial charge in [0.15, 0.2) is 0 Å². The Morgan fingerprint density at radius 1 is 0.630 bits per heavy atom. The van der Waals surface area contributed by atoms with Crippen molar-refractivity contribution in [3.05, 3.63) is 60.7 Å². The number of benzene rings is 2. The molecule has 27 heavy (non-hydrogen) atoms. The van der Waals surface area contributed by atoms with E-state index in [-0.39, 0.29) is 12.2 Å². The third kappa shape index (κ3) is 5.31. The highest BCUT2D eigenvalue weighted by molar-refractivity contribution is 6.92. The number of rotatable bonds is 10. The van der Waals surface area contributed by atoms with Gasteiger partial charge in [0.2, 0.25) is 0 Å². The Labute approximate surface area is 167 Å². The molecule has 0 spiro atoms. The van der Waals surface area contributed by atoms with Crippen molar-refractivity contribution in [1.29, 1.82) is 0 Å². The molecule has 0 aliphatic heterocycles. The molecule has 0 bridgehead atoms. The lowest BCUT2D eigenvalue weighted by Crippen LogP contribution is -2.66. The average molecular weight is 385 g/mol. The van der Waals surface area contributed by atoms with Crippen LogP contribution in [0.2, 0.25) is 0 Å². The van der Waals surface area contributed by atoms with E-state index < -0.39 is 8.56 Å². The van der Waals surface area contributed by atoms with Gasteiger partial charge in [-0.05, 0) is 35.1 Å². The Morgan fingerprint density at radius 2 is 0.963 bits per heavy atom. The van der Waals surface area contributed by atoms with Crippen molar-refractivity contribution in [2.75, 3.05) is 0 Å². The van der Waals surface area contributed by atoms with Gasteiger partial charge in [-0.3, -0.25) is 0 Å². The topological polar surface area (TPSA) is 18.5 Å². The first-order valence-corrected chi connectivity index (χ1v) is 12.2. The fraction of sp³-hybridized carbons (Fsp3) is 0.500. The van der Waals surface area contributed by atoms with Gasteiger partial charge in [-0.2, -0.15) is 0 Å². The summed E-state index contributed by atoms with van der Waals surface area (Å²) in [7, 11) is -2.84. The quantitative estimate of drug-likeness (QED) is 0.528. The summed E-state index contributed by atoms with van der Waals surface area (Å²) < 4.78 is 14.0. The summed E-state index contributed by atoms with van der Waals surface area (Å²) >= 11 is 0. The SMILES string of the molecule is CCC(O[Si](OC(CC)C(C)C)(c1ccccc1)c1ccccc1)C(C)C. The maximum atomic E-state index is 7.02. The lowest BCUT2D eigenvalue weighted by Gasteiger charge is -2.39. The first-order chi connectivity index (χ1) is 12.9. The van der Waals surface area contributed by atoms with Crippen LogP contribution in [-0.4, -0.2) is 20.8 Å². The molecule has 0 aliphatic carbocycles. The maximum absolute atomic E-state index is 7.02. The summed E-state index contributed by atoms with van der Waals surface area (Å²) in [4.78, 5) is 0. The van der Waals surface area contributed by atoms with Crippen molar-refractivity contribution >= 4 is 18.9 Å². The molecule has 2 aromatic carbocycles. The molecule has 0 heterocycles. The predicted molar refractivity (Wildman–Crippen MR) is 118 cm³/mol. The van der Waals surface area contributed by atoms with Gasteiger partial charge in [-0.1, -0.05) is 102 Å². The normalized spacial score (nSPS) is 14.5. The van der Waals surface area contributed by atoms with E-state index in [1.165, 1.54) is 10.4 Å². The molecule has 0 aromatic heterocycles. The predicted octanol–water partition coefficient (Wildman–Crippen LogP) is 5.15. The zero-order valence-electron chi connectivity index (χ0n) is 17.8. The summed E-state index contributed by atoms with van der Waals surface area (Å²) in [6, 6.07) is 21.2. The van der Waals surface area contributed by atoms with Crippen molar-refractivity contribution in [2.45, 2.75) is 66.6 Å². The summed E-state index contributed by atoms with van der Waals surface area (Å²) in [5, 5.41) is 2.38. The van der Waals surface area contributed by atoms with Crippen LogP contribution in [0.5, 0.6) is 0 Å². The van der Waals surface area contributed by atoms with Crippen molar-refractivity contribution < 1.29 is 8.85 Å². The molecule has 0 amide bonds. The highest BCUT2D eigenvalue weighted by Gasteiger charge is 2.46. The van der Waals surface area contributed by atoms with Crippen molar-refractivity contribution in [3.63, 3.8) is 0 Å². The molecule has 0 fully saturated rings. The standard InChI is InChI=1S/C24H36O2Si/c1-7-23(19(3)4)25-27(21-15-11-9-12-16-21,22-17-13-10-14-18-22)26-24(8-2)20(5)6/h9-20,23-24H,7-8H2,1-6H3. The van der Waals surface area contributed by atoms with E-state index in [1.807, 2.05) is 0 Å². The first-order valence-electron chi connectivity index (χ1n) is 10.4. The van der Waals surface area contributed by atoms with Crippen LogP contribution in [0.3, 0.4) is 0 Å². The second kappa shape index (κ2) is 10.2. The summed E-state index contributed by atoms with van der Waals surface area (Å²) in [6.07, 6.45) is 2.30. The lowest BCUT2D eigenvalue weighted by atomic mass is 10.1. The van der Waals surface area contributed by atoms with Crippen LogP contribution in [0.25, 0.3) is 0 Å². The Morgan fingerprint density at radius 3 is 1.22 bits per heavy atom.